The number of halogens is 3. The number of piperazine rings is 1. The molecule has 1 unspecified atom stereocenters. The molecule has 1 aliphatic heterocycles. The van der Waals surface area contributed by atoms with Crippen LogP contribution in [0.25, 0.3) is 0 Å². The van der Waals surface area contributed by atoms with Gasteiger partial charge >= 0.3 is 6.09 Å². The van der Waals surface area contributed by atoms with Crippen LogP contribution < -0.4 is 4.90 Å². The first kappa shape index (κ1) is 25.9. The quantitative estimate of drug-likeness (QED) is 0.401. The third-order valence-corrected chi connectivity index (χ3v) is 8.51. The van der Waals surface area contributed by atoms with Gasteiger partial charge in [0.1, 0.15) is 11.6 Å². The number of ether oxygens (including phenoxy) is 1. The highest BCUT2D eigenvalue weighted by Crippen LogP contribution is 2.34. The average Bonchev–Trinajstić information content (AvgIpc) is 2.89. The molecule has 3 aromatic rings. The number of nitrogens with zero attached hydrogens (tertiary/aromatic N) is 2. The van der Waals surface area contributed by atoms with Crippen molar-refractivity contribution in [2.75, 3.05) is 37.7 Å². The Balaban J connectivity index is 1.43. The van der Waals surface area contributed by atoms with Gasteiger partial charge in [-0.25, -0.2) is 22.0 Å². The van der Waals surface area contributed by atoms with Crippen molar-refractivity contribution in [3.8, 4) is 0 Å². The van der Waals surface area contributed by atoms with Crippen LogP contribution in [0.5, 0.6) is 0 Å². The number of benzene rings is 3. The Bertz CT molecular complexity index is 1300. The van der Waals surface area contributed by atoms with Gasteiger partial charge in [-0.05, 0) is 54.6 Å². The van der Waals surface area contributed by atoms with E-state index in [9.17, 15) is 22.0 Å². The lowest BCUT2D eigenvalue weighted by molar-refractivity contribution is 0.0987. The first-order valence-corrected chi connectivity index (χ1v) is 13.3. The standard InChI is InChI=1S/C26H25ClF2N2O4S/c27-19-6-9-22(10-7-19)36(33,34)25(23-18-20(28)8-11-24(23)29)12-17-35-26(32)31-15-13-30(14-16-31)21-4-2-1-3-5-21/h1-11,18,25H,12-17H2. The number of para-hydroxylation sites is 1. The van der Waals surface area contributed by atoms with E-state index in [1.54, 1.807) is 4.90 Å². The van der Waals surface area contributed by atoms with Crippen LogP contribution in [0.15, 0.2) is 77.7 Å². The third kappa shape index (κ3) is 5.96. The highest BCUT2D eigenvalue weighted by molar-refractivity contribution is 7.91. The van der Waals surface area contributed by atoms with Crippen molar-refractivity contribution in [1.29, 1.82) is 0 Å². The van der Waals surface area contributed by atoms with Gasteiger partial charge < -0.3 is 14.5 Å². The molecular weight excluding hydrogens is 510 g/mol. The van der Waals surface area contributed by atoms with E-state index >= 15 is 0 Å². The Morgan fingerprint density at radius 1 is 0.944 bits per heavy atom. The third-order valence-electron chi connectivity index (χ3n) is 6.09. The average molecular weight is 535 g/mol. The van der Waals surface area contributed by atoms with Crippen molar-refractivity contribution in [2.24, 2.45) is 0 Å². The molecule has 36 heavy (non-hydrogen) atoms. The minimum atomic E-state index is -4.15. The lowest BCUT2D eigenvalue weighted by Gasteiger charge is -2.35. The molecule has 1 heterocycles. The summed E-state index contributed by atoms with van der Waals surface area (Å²) in [6, 6.07) is 17.9. The van der Waals surface area contributed by atoms with Crippen molar-refractivity contribution >= 4 is 33.2 Å². The number of hydrogen-bond acceptors (Lipinski definition) is 5. The van der Waals surface area contributed by atoms with E-state index in [4.69, 9.17) is 16.3 Å². The molecule has 1 amide bonds. The van der Waals surface area contributed by atoms with Crippen LogP contribution in [0, 0.1) is 11.6 Å². The van der Waals surface area contributed by atoms with Gasteiger partial charge in [0.05, 0.1) is 16.8 Å². The summed E-state index contributed by atoms with van der Waals surface area (Å²) in [6.07, 6.45) is -0.828. The number of sulfone groups is 1. The fourth-order valence-electron chi connectivity index (χ4n) is 4.16. The maximum absolute atomic E-state index is 14.6. The zero-order valence-corrected chi connectivity index (χ0v) is 20.9. The zero-order chi connectivity index (χ0) is 25.7. The van der Waals surface area contributed by atoms with Crippen molar-refractivity contribution in [1.82, 2.24) is 4.90 Å². The number of amides is 1. The first-order chi connectivity index (χ1) is 17.3. The number of carbonyl (C=O) groups is 1. The van der Waals surface area contributed by atoms with Gasteiger partial charge in [0.2, 0.25) is 0 Å². The molecule has 3 aromatic carbocycles. The highest BCUT2D eigenvalue weighted by Gasteiger charge is 2.32. The van der Waals surface area contributed by atoms with Gasteiger partial charge in [0.25, 0.3) is 0 Å². The van der Waals surface area contributed by atoms with E-state index in [1.165, 1.54) is 24.3 Å². The fraction of sp³-hybridized carbons (Fsp3) is 0.269. The summed E-state index contributed by atoms with van der Waals surface area (Å²) in [6.45, 7) is 1.85. The van der Waals surface area contributed by atoms with Crippen LogP contribution in [0.1, 0.15) is 17.2 Å². The number of anilines is 1. The van der Waals surface area contributed by atoms with Gasteiger partial charge in [-0.1, -0.05) is 29.8 Å². The summed E-state index contributed by atoms with van der Waals surface area (Å²) >= 11 is 5.87. The van der Waals surface area contributed by atoms with E-state index in [0.29, 0.717) is 31.2 Å². The molecule has 190 valence electrons. The fourth-order valence-corrected chi connectivity index (χ4v) is 6.05. The second-order valence-electron chi connectivity index (χ2n) is 8.37. The molecule has 6 nitrogen and oxygen atoms in total. The molecule has 10 heteroatoms. The van der Waals surface area contributed by atoms with E-state index in [-0.39, 0.29) is 23.5 Å². The van der Waals surface area contributed by atoms with Crippen LogP contribution in [-0.2, 0) is 14.6 Å². The molecule has 1 saturated heterocycles. The molecule has 0 radical (unpaired) electrons. The van der Waals surface area contributed by atoms with E-state index in [1.807, 2.05) is 30.3 Å². The molecule has 1 fully saturated rings. The minimum Gasteiger partial charge on any atom is -0.449 e. The summed E-state index contributed by atoms with van der Waals surface area (Å²) in [4.78, 5) is 16.2. The molecule has 4 rings (SSSR count). The summed E-state index contributed by atoms with van der Waals surface area (Å²) in [5, 5.41) is -1.12. The molecular formula is C26H25ClF2N2O4S. The maximum Gasteiger partial charge on any atom is 0.409 e. The molecule has 0 N–H and O–H groups in total. The normalized spacial score (nSPS) is 15.0. The van der Waals surface area contributed by atoms with E-state index < -0.39 is 32.8 Å². The van der Waals surface area contributed by atoms with Gasteiger partial charge in [-0.2, -0.15) is 0 Å². The highest BCUT2D eigenvalue weighted by atomic mass is 35.5. The lowest BCUT2D eigenvalue weighted by atomic mass is 10.1. The van der Waals surface area contributed by atoms with Crippen molar-refractivity contribution in [3.05, 3.63) is 95.0 Å². The first-order valence-electron chi connectivity index (χ1n) is 11.4. The number of hydrogen-bond donors (Lipinski definition) is 0. The van der Waals surface area contributed by atoms with Crippen LogP contribution >= 0.6 is 11.6 Å². The largest absolute Gasteiger partial charge is 0.449 e. The molecule has 0 saturated carbocycles. The zero-order valence-electron chi connectivity index (χ0n) is 19.3. The summed E-state index contributed by atoms with van der Waals surface area (Å²) in [5.41, 5.74) is 0.746. The molecule has 0 aliphatic carbocycles. The van der Waals surface area contributed by atoms with E-state index in [2.05, 4.69) is 4.90 Å². The Labute approximate surface area is 214 Å². The van der Waals surface area contributed by atoms with Crippen LogP contribution in [0.4, 0.5) is 19.3 Å². The summed E-state index contributed by atoms with van der Waals surface area (Å²) in [5.74, 6) is -1.63. The molecule has 1 atom stereocenters. The predicted molar refractivity (Wildman–Crippen MR) is 134 cm³/mol. The number of rotatable bonds is 7. The maximum atomic E-state index is 14.6. The van der Waals surface area contributed by atoms with Crippen molar-refractivity contribution < 1.29 is 26.7 Å². The van der Waals surface area contributed by atoms with Crippen LogP contribution in [0.2, 0.25) is 5.02 Å². The molecule has 0 bridgehead atoms. The summed E-state index contributed by atoms with van der Waals surface area (Å²) < 4.78 is 60.6. The van der Waals surface area contributed by atoms with E-state index in [0.717, 1.165) is 23.9 Å². The van der Waals surface area contributed by atoms with Crippen LogP contribution in [0.3, 0.4) is 0 Å². The van der Waals surface area contributed by atoms with Gasteiger partial charge in [-0.3, -0.25) is 0 Å². The number of carbonyl (C=O) groups excluding carboxylic acids is 1. The second kappa shape index (κ2) is 11.3. The monoisotopic (exact) mass is 534 g/mol. The SMILES string of the molecule is O=C(OCCC(c1cc(F)ccc1F)S(=O)(=O)c1ccc(Cl)cc1)N1CCN(c2ccccc2)CC1. The Morgan fingerprint density at radius 2 is 1.61 bits per heavy atom. The topological polar surface area (TPSA) is 66.9 Å². The smallest absolute Gasteiger partial charge is 0.409 e. The lowest BCUT2D eigenvalue weighted by Crippen LogP contribution is -2.49. The molecule has 0 spiro atoms. The minimum absolute atomic E-state index is 0.0936. The second-order valence-corrected chi connectivity index (χ2v) is 10.9. The predicted octanol–water partition coefficient (Wildman–Crippen LogP) is 5.48. The molecule has 1 aliphatic rings. The van der Waals surface area contributed by atoms with Gasteiger partial charge in [-0.15, -0.1) is 0 Å². The Kier molecular flexibility index (Phi) is 8.11. The molecule has 0 aromatic heterocycles. The Morgan fingerprint density at radius 3 is 2.28 bits per heavy atom. The van der Waals surface area contributed by atoms with Crippen molar-refractivity contribution in [3.63, 3.8) is 0 Å². The van der Waals surface area contributed by atoms with Gasteiger partial charge in [0.15, 0.2) is 9.84 Å². The van der Waals surface area contributed by atoms with Crippen molar-refractivity contribution in [2.45, 2.75) is 16.6 Å². The summed E-state index contributed by atoms with van der Waals surface area (Å²) in [7, 11) is -4.15. The van der Waals surface area contributed by atoms with Gasteiger partial charge in [0, 0.05) is 48.9 Å². The van der Waals surface area contributed by atoms with Crippen LogP contribution in [-0.4, -0.2) is 52.2 Å². The Hall–Kier alpha value is -3.17.